The predicted molar refractivity (Wildman–Crippen MR) is 91.0 cm³/mol. The fraction of sp³-hybridized carbons (Fsp3) is 0.471. The first-order valence-corrected chi connectivity index (χ1v) is 8.47. The van der Waals surface area contributed by atoms with Gasteiger partial charge < -0.3 is 15.2 Å². The summed E-state index contributed by atoms with van der Waals surface area (Å²) < 4.78 is 29.0. The molecule has 3 rings (SSSR count). The van der Waals surface area contributed by atoms with Crippen LogP contribution in [0.15, 0.2) is 23.2 Å². The molecular formula is C17H22F2N6. The summed E-state index contributed by atoms with van der Waals surface area (Å²) >= 11 is 0. The third-order valence-electron chi connectivity index (χ3n) is 4.28. The van der Waals surface area contributed by atoms with Gasteiger partial charge in [-0.3, -0.25) is 4.99 Å². The molecule has 0 saturated carbocycles. The lowest BCUT2D eigenvalue weighted by molar-refractivity contribution is 0.579. The van der Waals surface area contributed by atoms with Crippen molar-refractivity contribution in [2.75, 3.05) is 7.05 Å². The Hall–Kier alpha value is -2.51. The minimum Gasteiger partial charge on any atom is -0.352 e. The summed E-state index contributed by atoms with van der Waals surface area (Å²) in [5.74, 6) is 1.46. The second kappa shape index (κ2) is 8.04. The smallest absolute Gasteiger partial charge is 0.191 e. The molecule has 8 heteroatoms. The number of aliphatic imine (C=N–C) groups is 1. The zero-order valence-electron chi connectivity index (χ0n) is 14.2. The molecular weight excluding hydrogens is 326 g/mol. The highest BCUT2D eigenvalue weighted by Gasteiger charge is 2.14. The highest BCUT2D eigenvalue weighted by molar-refractivity contribution is 5.79. The molecule has 0 aliphatic carbocycles. The van der Waals surface area contributed by atoms with Crippen LogP contribution in [0.2, 0.25) is 0 Å². The lowest BCUT2D eigenvalue weighted by Gasteiger charge is -2.13. The molecule has 0 atom stereocenters. The largest absolute Gasteiger partial charge is 0.352 e. The van der Waals surface area contributed by atoms with Gasteiger partial charge in [0.15, 0.2) is 11.8 Å². The Morgan fingerprint density at radius 3 is 2.84 bits per heavy atom. The number of nitrogens with one attached hydrogen (secondary N) is 2. The van der Waals surface area contributed by atoms with Crippen LogP contribution in [0.4, 0.5) is 8.78 Å². The molecule has 0 bridgehead atoms. The van der Waals surface area contributed by atoms with E-state index in [0.29, 0.717) is 12.5 Å². The lowest BCUT2D eigenvalue weighted by atomic mass is 10.2. The van der Waals surface area contributed by atoms with Gasteiger partial charge in [-0.15, -0.1) is 10.2 Å². The van der Waals surface area contributed by atoms with E-state index in [-0.39, 0.29) is 12.1 Å². The Bertz CT molecular complexity index is 756. The van der Waals surface area contributed by atoms with E-state index >= 15 is 0 Å². The average Bonchev–Trinajstić information content (AvgIpc) is 2.84. The number of benzene rings is 1. The van der Waals surface area contributed by atoms with Gasteiger partial charge in [0.25, 0.3) is 0 Å². The molecule has 2 aromatic rings. The second-order valence-electron chi connectivity index (χ2n) is 6.01. The highest BCUT2D eigenvalue weighted by atomic mass is 19.1. The summed E-state index contributed by atoms with van der Waals surface area (Å²) in [5.41, 5.74) is 0.249. The number of hydrogen-bond acceptors (Lipinski definition) is 3. The Balaban J connectivity index is 1.58. The molecule has 2 N–H and O–H groups in total. The number of nitrogens with zero attached hydrogens (tertiary/aromatic N) is 4. The Labute approximate surface area is 145 Å². The van der Waals surface area contributed by atoms with Crippen molar-refractivity contribution in [3.63, 3.8) is 0 Å². The Morgan fingerprint density at radius 1 is 1.16 bits per heavy atom. The molecule has 0 saturated heterocycles. The Kier molecular flexibility index (Phi) is 5.57. The van der Waals surface area contributed by atoms with Crippen LogP contribution in [0.5, 0.6) is 0 Å². The SMILES string of the molecule is CN=C(NCc1cc(F)ccc1F)NCc1nnc2n1CCCCC2. The van der Waals surface area contributed by atoms with E-state index in [4.69, 9.17) is 0 Å². The van der Waals surface area contributed by atoms with Crippen molar-refractivity contribution >= 4 is 5.96 Å². The summed E-state index contributed by atoms with van der Waals surface area (Å²) in [7, 11) is 1.63. The topological polar surface area (TPSA) is 67.1 Å². The van der Waals surface area contributed by atoms with Gasteiger partial charge in [0, 0.05) is 32.1 Å². The third-order valence-corrected chi connectivity index (χ3v) is 4.28. The number of halogens is 2. The maximum Gasteiger partial charge on any atom is 0.191 e. The molecule has 134 valence electrons. The molecule has 1 aliphatic rings. The van der Waals surface area contributed by atoms with Gasteiger partial charge in [-0.25, -0.2) is 8.78 Å². The minimum absolute atomic E-state index is 0.140. The molecule has 2 heterocycles. The van der Waals surface area contributed by atoms with Crippen molar-refractivity contribution in [1.82, 2.24) is 25.4 Å². The van der Waals surface area contributed by atoms with Crippen LogP contribution in [0, 0.1) is 11.6 Å². The number of aryl methyl sites for hydroxylation is 1. The van der Waals surface area contributed by atoms with Crippen LogP contribution >= 0.6 is 0 Å². The van der Waals surface area contributed by atoms with Crippen molar-refractivity contribution in [3.05, 3.63) is 47.0 Å². The molecule has 1 aliphatic heterocycles. The van der Waals surface area contributed by atoms with Crippen molar-refractivity contribution in [3.8, 4) is 0 Å². The van der Waals surface area contributed by atoms with E-state index in [2.05, 4.69) is 30.4 Å². The molecule has 0 spiro atoms. The molecule has 1 aromatic heterocycles. The number of guanidine groups is 1. The van der Waals surface area contributed by atoms with Crippen molar-refractivity contribution < 1.29 is 8.78 Å². The van der Waals surface area contributed by atoms with E-state index in [1.54, 1.807) is 7.05 Å². The van der Waals surface area contributed by atoms with Gasteiger partial charge in [-0.05, 0) is 31.0 Å². The molecule has 0 fully saturated rings. The highest BCUT2D eigenvalue weighted by Crippen LogP contribution is 2.14. The van der Waals surface area contributed by atoms with Gasteiger partial charge in [-0.1, -0.05) is 6.42 Å². The van der Waals surface area contributed by atoms with Crippen LogP contribution in [0.25, 0.3) is 0 Å². The van der Waals surface area contributed by atoms with E-state index < -0.39 is 11.6 Å². The molecule has 0 radical (unpaired) electrons. The maximum absolute atomic E-state index is 13.7. The fourth-order valence-electron chi connectivity index (χ4n) is 2.92. The van der Waals surface area contributed by atoms with Gasteiger partial charge in [0.05, 0.1) is 6.54 Å². The number of hydrogen-bond donors (Lipinski definition) is 2. The lowest BCUT2D eigenvalue weighted by Crippen LogP contribution is -2.37. The first-order chi connectivity index (χ1) is 12.2. The van der Waals surface area contributed by atoms with Crippen molar-refractivity contribution in [2.24, 2.45) is 4.99 Å². The molecule has 1 aromatic carbocycles. The third kappa shape index (κ3) is 4.32. The summed E-state index contributed by atoms with van der Waals surface area (Å²) in [6.07, 6.45) is 4.44. The van der Waals surface area contributed by atoms with Crippen LogP contribution in [-0.4, -0.2) is 27.8 Å². The van der Waals surface area contributed by atoms with Crippen LogP contribution in [0.1, 0.15) is 36.5 Å². The summed E-state index contributed by atoms with van der Waals surface area (Å²) in [5, 5.41) is 14.6. The maximum atomic E-state index is 13.7. The molecule has 6 nitrogen and oxygen atoms in total. The van der Waals surface area contributed by atoms with Crippen molar-refractivity contribution in [1.29, 1.82) is 0 Å². The van der Waals surface area contributed by atoms with Crippen LogP contribution in [0.3, 0.4) is 0 Å². The van der Waals surface area contributed by atoms with E-state index in [9.17, 15) is 8.78 Å². The quantitative estimate of drug-likeness (QED) is 0.656. The molecule has 0 amide bonds. The summed E-state index contributed by atoms with van der Waals surface area (Å²) in [6.45, 7) is 1.54. The minimum atomic E-state index is -0.465. The number of fused-ring (bicyclic) bond motifs is 1. The van der Waals surface area contributed by atoms with Crippen LogP contribution in [-0.2, 0) is 26.1 Å². The first-order valence-electron chi connectivity index (χ1n) is 8.47. The number of rotatable bonds is 4. The second-order valence-corrected chi connectivity index (χ2v) is 6.01. The van der Waals surface area contributed by atoms with E-state index in [0.717, 1.165) is 49.6 Å². The molecule has 0 unspecified atom stereocenters. The standard InChI is InChI=1S/C17H22F2N6/c1-20-17(21-10-12-9-13(18)6-7-14(12)19)22-11-16-24-23-15-5-3-2-4-8-25(15)16/h6-7,9H,2-5,8,10-11H2,1H3,(H2,20,21,22). The Morgan fingerprint density at radius 2 is 2.00 bits per heavy atom. The predicted octanol–water partition coefficient (Wildman–Crippen LogP) is 2.15. The molecule has 25 heavy (non-hydrogen) atoms. The van der Waals surface area contributed by atoms with E-state index in [1.807, 2.05) is 0 Å². The zero-order chi connectivity index (χ0) is 17.6. The zero-order valence-corrected chi connectivity index (χ0v) is 14.2. The van der Waals surface area contributed by atoms with Gasteiger partial charge in [0.1, 0.15) is 17.5 Å². The fourth-order valence-corrected chi connectivity index (χ4v) is 2.92. The van der Waals surface area contributed by atoms with Crippen LogP contribution < -0.4 is 10.6 Å². The first kappa shape index (κ1) is 17.3. The summed E-state index contributed by atoms with van der Waals surface area (Å²) in [6, 6.07) is 3.39. The normalized spacial score (nSPS) is 14.8. The summed E-state index contributed by atoms with van der Waals surface area (Å²) in [4.78, 5) is 4.11. The average molecular weight is 348 g/mol. The number of aromatic nitrogens is 3. The van der Waals surface area contributed by atoms with Gasteiger partial charge in [0.2, 0.25) is 0 Å². The van der Waals surface area contributed by atoms with Crippen molar-refractivity contribution in [2.45, 2.75) is 45.3 Å². The monoisotopic (exact) mass is 348 g/mol. The van der Waals surface area contributed by atoms with Gasteiger partial charge >= 0.3 is 0 Å². The van der Waals surface area contributed by atoms with Gasteiger partial charge in [-0.2, -0.15) is 0 Å². The van der Waals surface area contributed by atoms with E-state index in [1.165, 1.54) is 12.5 Å².